The molecular formula is C22H17N3O2S. The lowest BCUT2D eigenvalue weighted by molar-refractivity contribution is 0.669. The quantitative estimate of drug-likeness (QED) is 0.458. The fourth-order valence-corrected chi connectivity index (χ4v) is 5.43. The number of benzene rings is 2. The molecule has 3 heterocycles. The molecule has 1 aliphatic rings. The molecule has 0 amide bonds. The monoisotopic (exact) mass is 387 g/mol. The second-order valence-corrected chi connectivity index (χ2v) is 8.30. The molecule has 3 aromatic heterocycles. The van der Waals surface area contributed by atoms with Crippen LogP contribution < -0.4 is 10.9 Å². The zero-order valence-corrected chi connectivity index (χ0v) is 15.9. The van der Waals surface area contributed by atoms with Crippen molar-refractivity contribution < 1.29 is 4.42 Å². The second-order valence-electron chi connectivity index (χ2n) is 7.21. The topological polar surface area (TPSA) is 70.9 Å². The number of nitrogens with zero attached hydrogens (tertiary/aromatic N) is 1. The van der Waals surface area contributed by atoms with Crippen LogP contribution in [-0.2, 0) is 19.4 Å². The van der Waals surface area contributed by atoms with Crippen molar-refractivity contribution in [1.82, 2.24) is 9.97 Å². The number of aromatic nitrogens is 2. The second kappa shape index (κ2) is 5.94. The smallest absolute Gasteiger partial charge is 0.259 e. The van der Waals surface area contributed by atoms with E-state index in [0.717, 1.165) is 57.1 Å². The predicted octanol–water partition coefficient (Wildman–Crippen LogP) is 4.98. The maximum absolute atomic E-state index is 12.6. The average Bonchev–Trinajstić information content (AvgIpc) is 3.38. The molecule has 5 nitrogen and oxygen atoms in total. The Bertz CT molecular complexity index is 1430. The van der Waals surface area contributed by atoms with Gasteiger partial charge in [-0.25, -0.2) is 4.98 Å². The highest BCUT2D eigenvalue weighted by atomic mass is 32.1. The maximum atomic E-state index is 12.6. The molecule has 6 heteroatoms. The fraction of sp³-hybridized carbons (Fsp3) is 0.182. The molecule has 0 fully saturated rings. The van der Waals surface area contributed by atoms with Gasteiger partial charge in [0.25, 0.3) is 5.56 Å². The van der Waals surface area contributed by atoms with Gasteiger partial charge in [-0.15, -0.1) is 11.3 Å². The highest BCUT2D eigenvalue weighted by molar-refractivity contribution is 7.18. The first kappa shape index (κ1) is 15.9. The first-order chi connectivity index (χ1) is 13.8. The van der Waals surface area contributed by atoms with Crippen LogP contribution in [0.15, 0.2) is 51.7 Å². The molecule has 0 radical (unpaired) electrons. The van der Waals surface area contributed by atoms with Gasteiger partial charge in [-0.3, -0.25) is 4.79 Å². The summed E-state index contributed by atoms with van der Waals surface area (Å²) in [5, 5.41) is 6.35. The lowest BCUT2D eigenvalue weighted by atomic mass is 10.1. The molecule has 138 valence electrons. The number of rotatable bonds is 3. The molecule has 6 rings (SSSR count). The van der Waals surface area contributed by atoms with Crippen molar-refractivity contribution >= 4 is 49.2 Å². The van der Waals surface area contributed by atoms with Gasteiger partial charge < -0.3 is 14.7 Å². The van der Waals surface area contributed by atoms with E-state index in [1.807, 2.05) is 30.3 Å². The summed E-state index contributed by atoms with van der Waals surface area (Å²) in [4.78, 5) is 22.4. The summed E-state index contributed by atoms with van der Waals surface area (Å²) in [5.41, 5.74) is 3.92. The molecule has 0 aliphatic heterocycles. The predicted molar refractivity (Wildman–Crippen MR) is 113 cm³/mol. The van der Waals surface area contributed by atoms with Crippen LogP contribution in [0.4, 0.5) is 5.69 Å². The van der Waals surface area contributed by atoms with Gasteiger partial charge in [-0.1, -0.05) is 18.2 Å². The molecule has 0 saturated carbocycles. The average molecular weight is 387 g/mol. The van der Waals surface area contributed by atoms with Crippen molar-refractivity contribution in [3.05, 3.63) is 69.1 Å². The van der Waals surface area contributed by atoms with Crippen molar-refractivity contribution in [1.29, 1.82) is 0 Å². The van der Waals surface area contributed by atoms with E-state index >= 15 is 0 Å². The minimum absolute atomic E-state index is 0.0162. The number of aryl methyl sites for hydroxylation is 2. The van der Waals surface area contributed by atoms with Crippen LogP contribution in [0.2, 0.25) is 0 Å². The Morgan fingerprint density at radius 3 is 2.96 bits per heavy atom. The number of aromatic amines is 1. The number of hydrogen-bond donors (Lipinski definition) is 2. The Kier molecular flexibility index (Phi) is 3.37. The van der Waals surface area contributed by atoms with Gasteiger partial charge in [0, 0.05) is 21.3 Å². The minimum Gasteiger partial charge on any atom is -0.456 e. The number of para-hydroxylation sites is 1. The molecule has 0 spiro atoms. The number of H-pyrrole nitrogens is 1. The van der Waals surface area contributed by atoms with E-state index in [1.54, 1.807) is 11.3 Å². The lowest BCUT2D eigenvalue weighted by Crippen LogP contribution is -2.14. The molecule has 2 N–H and O–H groups in total. The van der Waals surface area contributed by atoms with Crippen LogP contribution >= 0.6 is 11.3 Å². The Hall–Kier alpha value is -3.12. The first-order valence-electron chi connectivity index (χ1n) is 9.45. The zero-order chi connectivity index (χ0) is 18.7. The number of thiophene rings is 1. The Balaban J connectivity index is 1.33. The van der Waals surface area contributed by atoms with E-state index in [9.17, 15) is 4.79 Å². The molecule has 2 aromatic carbocycles. The summed E-state index contributed by atoms with van der Waals surface area (Å²) >= 11 is 1.67. The molecule has 0 atom stereocenters. The summed E-state index contributed by atoms with van der Waals surface area (Å²) in [7, 11) is 0. The third kappa shape index (κ3) is 2.38. The van der Waals surface area contributed by atoms with Crippen LogP contribution in [0.1, 0.15) is 22.7 Å². The first-order valence-corrected chi connectivity index (χ1v) is 10.3. The van der Waals surface area contributed by atoms with Crippen LogP contribution in [0.5, 0.6) is 0 Å². The van der Waals surface area contributed by atoms with Gasteiger partial charge in [0.15, 0.2) is 0 Å². The molecule has 28 heavy (non-hydrogen) atoms. The highest BCUT2D eigenvalue weighted by Gasteiger charge is 2.21. The van der Waals surface area contributed by atoms with E-state index in [-0.39, 0.29) is 5.56 Å². The van der Waals surface area contributed by atoms with Gasteiger partial charge in [0.1, 0.15) is 21.8 Å². The number of nitrogens with one attached hydrogen (secondary N) is 2. The molecule has 0 unspecified atom stereocenters. The highest BCUT2D eigenvalue weighted by Crippen LogP contribution is 2.34. The third-order valence-electron chi connectivity index (χ3n) is 5.46. The molecular weight excluding hydrogens is 370 g/mol. The van der Waals surface area contributed by atoms with Gasteiger partial charge in [-0.2, -0.15) is 0 Å². The Morgan fingerprint density at radius 1 is 1.11 bits per heavy atom. The van der Waals surface area contributed by atoms with Crippen molar-refractivity contribution in [3.63, 3.8) is 0 Å². The Morgan fingerprint density at radius 2 is 2.00 bits per heavy atom. The normalized spacial score (nSPS) is 13.6. The summed E-state index contributed by atoms with van der Waals surface area (Å²) in [6.45, 7) is 0.467. The van der Waals surface area contributed by atoms with E-state index in [1.165, 1.54) is 10.4 Å². The van der Waals surface area contributed by atoms with Crippen molar-refractivity contribution in [2.24, 2.45) is 0 Å². The van der Waals surface area contributed by atoms with Crippen LogP contribution in [-0.4, -0.2) is 9.97 Å². The maximum Gasteiger partial charge on any atom is 0.259 e. The van der Waals surface area contributed by atoms with Crippen molar-refractivity contribution in [2.45, 2.75) is 25.8 Å². The van der Waals surface area contributed by atoms with E-state index in [0.29, 0.717) is 12.4 Å². The number of hydrogen-bond acceptors (Lipinski definition) is 5. The van der Waals surface area contributed by atoms with Crippen LogP contribution in [0.25, 0.3) is 32.2 Å². The third-order valence-corrected chi connectivity index (χ3v) is 6.65. The molecule has 1 aliphatic carbocycles. The number of anilines is 1. The van der Waals surface area contributed by atoms with E-state index < -0.39 is 0 Å². The van der Waals surface area contributed by atoms with Crippen molar-refractivity contribution in [3.8, 4) is 0 Å². The molecule has 5 aromatic rings. The van der Waals surface area contributed by atoms with E-state index in [4.69, 9.17) is 9.40 Å². The standard InChI is InChI=1S/C22H17N3O2S/c26-21-20-14-5-3-7-18(14)28-22(20)25-19(24-21)11-23-12-8-9-17-15(10-12)13-4-1-2-6-16(13)27-17/h1-2,4,6,8-10,23H,3,5,7,11H2,(H,24,25,26). The van der Waals surface area contributed by atoms with Gasteiger partial charge in [0.05, 0.1) is 11.9 Å². The summed E-state index contributed by atoms with van der Waals surface area (Å²) in [6, 6.07) is 14.1. The summed E-state index contributed by atoms with van der Waals surface area (Å²) in [5.74, 6) is 0.662. The summed E-state index contributed by atoms with van der Waals surface area (Å²) in [6.07, 6.45) is 3.21. The lowest BCUT2D eigenvalue weighted by Gasteiger charge is -2.06. The van der Waals surface area contributed by atoms with Crippen LogP contribution in [0.3, 0.4) is 0 Å². The van der Waals surface area contributed by atoms with Gasteiger partial charge in [-0.05, 0) is 49.1 Å². The molecule has 0 bridgehead atoms. The summed E-state index contributed by atoms with van der Waals surface area (Å²) < 4.78 is 5.88. The zero-order valence-electron chi connectivity index (χ0n) is 15.0. The number of furan rings is 1. The van der Waals surface area contributed by atoms with Crippen LogP contribution in [0, 0.1) is 0 Å². The minimum atomic E-state index is -0.0162. The van der Waals surface area contributed by atoms with Gasteiger partial charge >= 0.3 is 0 Å². The van der Waals surface area contributed by atoms with Crippen molar-refractivity contribution in [2.75, 3.05) is 5.32 Å². The van der Waals surface area contributed by atoms with Gasteiger partial charge in [0.2, 0.25) is 0 Å². The fourth-order valence-electron chi connectivity index (χ4n) is 4.15. The van der Waals surface area contributed by atoms with E-state index in [2.05, 4.69) is 22.4 Å². The number of fused-ring (bicyclic) bond motifs is 6. The SMILES string of the molecule is O=c1[nH]c(CNc2ccc3oc4ccccc4c3c2)nc2sc3c(c12)CCC3. The Labute approximate surface area is 164 Å². The molecule has 0 saturated heterocycles. The largest absolute Gasteiger partial charge is 0.456 e.